The predicted molar refractivity (Wildman–Crippen MR) is 75.4 cm³/mol. The summed E-state index contributed by atoms with van der Waals surface area (Å²) in [6.07, 6.45) is 0.953. The lowest BCUT2D eigenvalue weighted by Gasteiger charge is -2.19. The first-order chi connectivity index (χ1) is 9.08. The molecule has 1 atom stereocenters. The van der Waals surface area contributed by atoms with Crippen LogP contribution in [0.3, 0.4) is 0 Å². The third-order valence-electron chi connectivity index (χ3n) is 2.91. The highest BCUT2D eigenvalue weighted by molar-refractivity contribution is 5.94. The van der Waals surface area contributed by atoms with Gasteiger partial charge >= 0.3 is 0 Å². The molecule has 0 spiro atoms. The third-order valence-corrected chi connectivity index (χ3v) is 2.91. The second-order valence-electron chi connectivity index (χ2n) is 4.88. The first-order valence-electron chi connectivity index (χ1n) is 6.73. The minimum atomic E-state index is -0.219. The Hall–Kier alpha value is -1.55. The van der Waals surface area contributed by atoms with Crippen molar-refractivity contribution >= 4 is 5.91 Å². The molecule has 4 heteroatoms. The van der Waals surface area contributed by atoms with Crippen molar-refractivity contribution in [2.24, 2.45) is 5.92 Å². The average molecular weight is 265 g/mol. The Labute approximate surface area is 114 Å². The normalized spacial score (nSPS) is 12.3. The maximum Gasteiger partial charge on any atom is 0.251 e. The molecule has 0 saturated carbocycles. The van der Waals surface area contributed by atoms with Gasteiger partial charge in [-0.3, -0.25) is 4.79 Å². The van der Waals surface area contributed by atoms with Gasteiger partial charge in [0.15, 0.2) is 0 Å². The molecule has 1 amide bonds. The van der Waals surface area contributed by atoms with Gasteiger partial charge in [-0.05, 0) is 36.6 Å². The summed E-state index contributed by atoms with van der Waals surface area (Å²) < 4.78 is 5.46. The zero-order chi connectivity index (χ0) is 14.3. The molecule has 0 fully saturated rings. The van der Waals surface area contributed by atoms with E-state index in [0.29, 0.717) is 12.2 Å². The SMILES string of the molecule is CCCOc1ccc(C(=O)NC(CO)C(C)C)cc1. The maximum atomic E-state index is 12.0. The number of benzene rings is 1. The van der Waals surface area contributed by atoms with Crippen LogP contribution < -0.4 is 10.1 Å². The van der Waals surface area contributed by atoms with Crippen molar-refractivity contribution in [2.75, 3.05) is 13.2 Å². The van der Waals surface area contributed by atoms with Crippen molar-refractivity contribution in [1.82, 2.24) is 5.32 Å². The Morgan fingerprint density at radius 2 is 1.95 bits per heavy atom. The Morgan fingerprint density at radius 1 is 1.32 bits per heavy atom. The van der Waals surface area contributed by atoms with Crippen LogP contribution in [0.1, 0.15) is 37.6 Å². The molecule has 2 N–H and O–H groups in total. The standard InChI is InChI=1S/C15H23NO3/c1-4-9-19-13-7-5-12(6-8-13)15(18)16-14(10-17)11(2)3/h5-8,11,14,17H,4,9-10H2,1-3H3,(H,16,18). The maximum absolute atomic E-state index is 12.0. The van der Waals surface area contributed by atoms with Gasteiger partial charge in [0.05, 0.1) is 19.3 Å². The van der Waals surface area contributed by atoms with E-state index in [-0.39, 0.29) is 24.5 Å². The summed E-state index contributed by atoms with van der Waals surface area (Å²) in [6.45, 7) is 6.58. The number of carbonyl (C=O) groups excluding carboxylic acids is 1. The Kier molecular flexibility index (Phi) is 6.36. The van der Waals surface area contributed by atoms with Crippen LogP contribution in [-0.4, -0.2) is 30.3 Å². The van der Waals surface area contributed by atoms with Gasteiger partial charge in [0.1, 0.15) is 5.75 Å². The molecule has 0 aliphatic rings. The first kappa shape index (κ1) is 15.5. The Bertz CT molecular complexity index is 387. The zero-order valence-electron chi connectivity index (χ0n) is 11.8. The minimum Gasteiger partial charge on any atom is -0.494 e. The van der Waals surface area contributed by atoms with E-state index in [9.17, 15) is 9.90 Å². The van der Waals surface area contributed by atoms with E-state index >= 15 is 0 Å². The molecular formula is C15H23NO3. The zero-order valence-corrected chi connectivity index (χ0v) is 11.8. The van der Waals surface area contributed by atoms with Crippen molar-refractivity contribution in [3.8, 4) is 5.75 Å². The number of carbonyl (C=O) groups is 1. The summed E-state index contributed by atoms with van der Waals surface area (Å²) >= 11 is 0. The van der Waals surface area contributed by atoms with Crippen molar-refractivity contribution in [2.45, 2.75) is 33.2 Å². The fourth-order valence-corrected chi connectivity index (χ4v) is 1.60. The highest BCUT2D eigenvalue weighted by atomic mass is 16.5. The van der Waals surface area contributed by atoms with Crippen LogP contribution in [0.25, 0.3) is 0 Å². The van der Waals surface area contributed by atoms with E-state index in [1.807, 2.05) is 20.8 Å². The van der Waals surface area contributed by atoms with E-state index in [1.54, 1.807) is 24.3 Å². The molecule has 0 saturated heterocycles. The number of hydrogen-bond acceptors (Lipinski definition) is 3. The average Bonchev–Trinajstić information content (AvgIpc) is 2.42. The minimum absolute atomic E-state index is 0.0545. The van der Waals surface area contributed by atoms with E-state index < -0.39 is 0 Å². The number of amides is 1. The molecule has 1 unspecified atom stereocenters. The highest BCUT2D eigenvalue weighted by Gasteiger charge is 2.16. The monoisotopic (exact) mass is 265 g/mol. The molecule has 19 heavy (non-hydrogen) atoms. The quantitative estimate of drug-likeness (QED) is 0.794. The molecule has 0 aromatic heterocycles. The molecule has 0 aliphatic heterocycles. The fraction of sp³-hybridized carbons (Fsp3) is 0.533. The van der Waals surface area contributed by atoms with Crippen molar-refractivity contribution in [1.29, 1.82) is 0 Å². The molecule has 1 rings (SSSR count). The smallest absolute Gasteiger partial charge is 0.251 e. The second-order valence-corrected chi connectivity index (χ2v) is 4.88. The van der Waals surface area contributed by atoms with Gasteiger partial charge in [-0.1, -0.05) is 20.8 Å². The van der Waals surface area contributed by atoms with Crippen molar-refractivity contribution in [3.05, 3.63) is 29.8 Å². The van der Waals surface area contributed by atoms with E-state index in [4.69, 9.17) is 4.74 Å². The molecule has 0 radical (unpaired) electrons. The van der Waals surface area contributed by atoms with Gasteiger partial charge in [0.25, 0.3) is 5.91 Å². The summed E-state index contributed by atoms with van der Waals surface area (Å²) in [5.41, 5.74) is 0.572. The number of hydrogen-bond donors (Lipinski definition) is 2. The molecule has 106 valence electrons. The summed E-state index contributed by atoms with van der Waals surface area (Å²) in [6, 6.07) is 6.81. The second kappa shape index (κ2) is 7.79. The summed E-state index contributed by atoms with van der Waals surface area (Å²) in [7, 11) is 0. The lowest BCUT2D eigenvalue weighted by atomic mass is 10.0. The molecule has 0 aliphatic carbocycles. The van der Waals surface area contributed by atoms with Gasteiger partial charge < -0.3 is 15.2 Å². The van der Waals surface area contributed by atoms with Gasteiger partial charge in [0.2, 0.25) is 0 Å². The highest BCUT2D eigenvalue weighted by Crippen LogP contribution is 2.13. The van der Waals surface area contributed by atoms with Crippen LogP contribution >= 0.6 is 0 Å². The van der Waals surface area contributed by atoms with E-state index in [1.165, 1.54) is 0 Å². The lowest BCUT2D eigenvalue weighted by Crippen LogP contribution is -2.41. The molecule has 0 heterocycles. The van der Waals surface area contributed by atoms with Crippen molar-refractivity contribution in [3.63, 3.8) is 0 Å². The number of ether oxygens (including phenoxy) is 1. The molecular weight excluding hydrogens is 242 g/mol. The van der Waals surface area contributed by atoms with E-state index in [2.05, 4.69) is 5.32 Å². The van der Waals surface area contributed by atoms with Gasteiger partial charge in [0, 0.05) is 5.56 Å². The number of aliphatic hydroxyl groups excluding tert-OH is 1. The Morgan fingerprint density at radius 3 is 2.42 bits per heavy atom. The van der Waals surface area contributed by atoms with Gasteiger partial charge in [-0.25, -0.2) is 0 Å². The molecule has 0 bridgehead atoms. The topological polar surface area (TPSA) is 58.6 Å². The van der Waals surface area contributed by atoms with E-state index in [0.717, 1.165) is 12.2 Å². The fourth-order valence-electron chi connectivity index (χ4n) is 1.60. The summed E-state index contributed by atoms with van der Waals surface area (Å²) in [4.78, 5) is 12.0. The van der Waals surface area contributed by atoms with Crippen LogP contribution in [0.2, 0.25) is 0 Å². The van der Waals surface area contributed by atoms with Crippen LogP contribution in [-0.2, 0) is 0 Å². The predicted octanol–water partition coefficient (Wildman–Crippen LogP) is 2.22. The summed E-state index contributed by atoms with van der Waals surface area (Å²) in [5.74, 6) is 0.789. The lowest BCUT2D eigenvalue weighted by molar-refractivity contribution is 0.0897. The third kappa shape index (κ3) is 4.91. The van der Waals surface area contributed by atoms with Crippen LogP contribution in [0.4, 0.5) is 0 Å². The van der Waals surface area contributed by atoms with Crippen LogP contribution in [0, 0.1) is 5.92 Å². The first-order valence-corrected chi connectivity index (χ1v) is 6.73. The summed E-state index contributed by atoms with van der Waals surface area (Å²) in [5, 5.41) is 12.0. The van der Waals surface area contributed by atoms with Crippen LogP contribution in [0.15, 0.2) is 24.3 Å². The Balaban J connectivity index is 2.62. The number of rotatable bonds is 7. The van der Waals surface area contributed by atoms with Gasteiger partial charge in [-0.15, -0.1) is 0 Å². The number of nitrogens with one attached hydrogen (secondary N) is 1. The van der Waals surface area contributed by atoms with Gasteiger partial charge in [-0.2, -0.15) is 0 Å². The molecule has 1 aromatic rings. The number of aliphatic hydroxyl groups is 1. The van der Waals surface area contributed by atoms with Crippen molar-refractivity contribution < 1.29 is 14.6 Å². The largest absolute Gasteiger partial charge is 0.494 e. The molecule has 4 nitrogen and oxygen atoms in total. The molecule has 1 aromatic carbocycles. The van der Waals surface area contributed by atoms with Crippen LogP contribution in [0.5, 0.6) is 5.75 Å².